The number of nitrogens with zero attached hydrogens (tertiary/aromatic N) is 4. The first-order valence-electron chi connectivity index (χ1n) is 12.7. The van der Waals surface area contributed by atoms with Gasteiger partial charge in [0.2, 0.25) is 17.6 Å². The predicted octanol–water partition coefficient (Wildman–Crippen LogP) is 2.11. The van der Waals surface area contributed by atoms with Gasteiger partial charge in [-0.15, -0.1) is 5.10 Å². The van der Waals surface area contributed by atoms with Gasteiger partial charge in [-0.05, 0) is 44.2 Å². The maximum absolute atomic E-state index is 13.0. The molecule has 194 valence electrons. The highest BCUT2D eigenvalue weighted by Gasteiger charge is 2.38. The summed E-state index contributed by atoms with van der Waals surface area (Å²) in [4.78, 5) is 54.3. The van der Waals surface area contributed by atoms with E-state index in [1.807, 2.05) is 49.9 Å². The van der Waals surface area contributed by atoms with Gasteiger partial charge in [0.25, 0.3) is 5.89 Å². The van der Waals surface area contributed by atoms with Crippen LogP contribution in [0, 0.1) is 0 Å². The molecule has 0 bridgehead atoms. The number of nitrogens with one attached hydrogen (secondary N) is 1. The number of Topliss-reactive ketones (excluding diaryl/α,β-unsaturated/α-hetero) is 1. The minimum absolute atomic E-state index is 0.000819. The molecule has 2 amide bonds. The summed E-state index contributed by atoms with van der Waals surface area (Å²) in [5, 5.41) is 7.25. The molecule has 1 aromatic heterocycles. The van der Waals surface area contributed by atoms with E-state index in [2.05, 4.69) is 10.4 Å². The Morgan fingerprint density at radius 3 is 2.50 bits per heavy atom. The molecule has 2 aromatic rings. The highest BCUT2D eigenvalue weighted by atomic mass is 16.4. The summed E-state index contributed by atoms with van der Waals surface area (Å²) in [5.41, 5.74) is 1.73. The third-order valence-corrected chi connectivity index (χ3v) is 6.92. The van der Waals surface area contributed by atoms with Crippen LogP contribution in [0.3, 0.4) is 0 Å². The van der Waals surface area contributed by atoms with Gasteiger partial charge in [0.05, 0.1) is 6.54 Å². The Balaban J connectivity index is 1.31. The Kier molecular flexibility index (Phi) is 7.73. The summed E-state index contributed by atoms with van der Waals surface area (Å²) in [7, 11) is 0. The zero-order chi connectivity index (χ0) is 25.9. The number of fused-ring (bicyclic) bond motifs is 1. The van der Waals surface area contributed by atoms with Gasteiger partial charge in [-0.3, -0.25) is 14.4 Å². The Morgan fingerprint density at radius 2 is 1.83 bits per heavy atom. The van der Waals surface area contributed by atoms with Gasteiger partial charge in [0, 0.05) is 38.1 Å². The molecular weight excluding hydrogens is 462 g/mol. The van der Waals surface area contributed by atoms with E-state index in [1.54, 1.807) is 0 Å². The molecule has 1 N–H and O–H groups in total. The van der Waals surface area contributed by atoms with E-state index < -0.39 is 23.1 Å². The molecule has 2 aliphatic rings. The molecule has 10 nitrogen and oxygen atoms in total. The van der Waals surface area contributed by atoms with Gasteiger partial charge in [-0.1, -0.05) is 37.6 Å². The predicted molar refractivity (Wildman–Crippen MR) is 132 cm³/mol. The quantitative estimate of drug-likeness (QED) is 0.500. The molecule has 0 radical (unpaired) electrons. The number of hydrogen-bond acceptors (Lipinski definition) is 7. The summed E-state index contributed by atoms with van der Waals surface area (Å²) in [6.07, 6.45) is 3.06. The average molecular weight is 498 g/mol. The number of unbranched alkanes of at least 4 members (excludes halogenated alkanes) is 1. The summed E-state index contributed by atoms with van der Waals surface area (Å²) < 4.78 is 6.26. The van der Waals surface area contributed by atoms with Gasteiger partial charge >= 0.3 is 5.76 Å². The minimum atomic E-state index is -0.704. The van der Waals surface area contributed by atoms with Crippen molar-refractivity contribution in [2.75, 3.05) is 13.1 Å². The van der Waals surface area contributed by atoms with Crippen LogP contribution < -0.4 is 11.1 Å². The van der Waals surface area contributed by atoms with Gasteiger partial charge < -0.3 is 19.5 Å². The van der Waals surface area contributed by atoms with Crippen LogP contribution in [0.25, 0.3) is 0 Å². The van der Waals surface area contributed by atoms with Crippen molar-refractivity contribution in [3.8, 4) is 0 Å². The van der Waals surface area contributed by atoms with Gasteiger partial charge in [-0.25, -0.2) is 4.79 Å². The van der Waals surface area contributed by atoms with E-state index in [-0.39, 0.29) is 30.7 Å². The number of aryl methyl sites for hydroxylation is 1. The van der Waals surface area contributed by atoms with Crippen LogP contribution in [0.5, 0.6) is 0 Å². The van der Waals surface area contributed by atoms with E-state index in [0.717, 1.165) is 17.5 Å². The number of ketones is 1. The summed E-state index contributed by atoms with van der Waals surface area (Å²) in [6.45, 7) is 7.83. The largest absolute Gasteiger partial charge is 0.437 e. The van der Waals surface area contributed by atoms with Crippen molar-refractivity contribution in [1.29, 1.82) is 0 Å². The van der Waals surface area contributed by atoms with Gasteiger partial charge in [0.15, 0.2) is 0 Å². The molecule has 4 rings (SSSR count). The van der Waals surface area contributed by atoms with Gasteiger partial charge in [-0.2, -0.15) is 4.68 Å². The lowest BCUT2D eigenvalue weighted by molar-refractivity contribution is -0.134. The zero-order valence-electron chi connectivity index (χ0n) is 21.3. The third kappa shape index (κ3) is 5.75. The molecule has 10 heteroatoms. The molecule has 0 spiro atoms. The first-order valence-corrected chi connectivity index (χ1v) is 12.7. The molecular formula is C26H35N5O5. The second-order valence-electron chi connectivity index (χ2n) is 10.3. The van der Waals surface area contributed by atoms with Crippen molar-refractivity contribution >= 4 is 17.6 Å². The second kappa shape index (κ2) is 10.8. The van der Waals surface area contributed by atoms with E-state index in [9.17, 15) is 19.2 Å². The van der Waals surface area contributed by atoms with Gasteiger partial charge in [0.1, 0.15) is 6.04 Å². The fraction of sp³-hybridized carbons (Fsp3) is 0.577. The monoisotopic (exact) mass is 497 g/mol. The highest BCUT2D eigenvalue weighted by molar-refractivity contribution is 5.98. The number of rotatable bonds is 10. The standard InChI is InChI=1S/C26H35N5O5/c1-4-5-13-31-25(35)36-24(28-31)23(34)20-11-8-12-30(20)22(33)15-27-26(2,3)14-21(32)29-16-18-9-6-7-10-19(18)17-29/h6-7,9-10,20,27H,4-5,8,11-17H2,1-3H3/t20-/m0/s1. The van der Waals surface area contributed by atoms with Crippen LogP contribution in [0.15, 0.2) is 33.5 Å². The van der Waals surface area contributed by atoms with Crippen molar-refractivity contribution in [3.05, 3.63) is 51.8 Å². The lowest BCUT2D eigenvalue weighted by Gasteiger charge is -2.30. The van der Waals surface area contributed by atoms with Crippen molar-refractivity contribution in [2.24, 2.45) is 0 Å². The molecule has 0 unspecified atom stereocenters. The first-order chi connectivity index (χ1) is 17.2. The van der Waals surface area contributed by atoms with Crippen LogP contribution in [-0.2, 0) is 29.2 Å². The number of amides is 2. The van der Waals surface area contributed by atoms with Crippen molar-refractivity contribution in [2.45, 2.75) is 84.1 Å². The van der Waals surface area contributed by atoms with E-state index >= 15 is 0 Å². The van der Waals surface area contributed by atoms with Crippen molar-refractivity contribution in [3.63, 3.8) is 0 Å². The number of carbonyl (C=O) groups excluding carboxylic acids is 3. The lowest BCUT2D eigenvalue weighted by Crippen LogP contribution is -2.50. The van der Waals surface area contributed by atoms with Crippen molar-refractivity contribution < 1.29 is 18.8 Å². The highest BCUT2D eigenvalue weighted by Crippen LogP contribution is 2.25. The molecule has 0 saturated carbocycles. The number of hydrogen-bond donors (Lipinski definition) is 1. The molecule has 36 heavy (non-hydrogen) atoms. The maximum atomic E-state index is 13.0. The summed E-state index contributed by atoms with van der Waals surface area (Å²) in [5.74, 6) is -1.55. The first kappa shape index (κ1) is 25.8. The smallest absolute Gasteiger partial charge is 0.384 e. The summed E-state index contributed by atoms with van der Waals surface area (Å²) in [6, 6.07) is 7.33. The SMILES string of the molecule is CCCCn1nc(C(=O)[C@@H]2CCCN2C(=O)CNC(C)(C)CC(=O)N2Cc3ccccc3C2)oc1=O. The third-order valence-electron chi connectivity index (χ3n) is 6.92. The average Bonchev–Trinajstić information content (AvgIpc) is 3.58. The van der Waals surface area contributed by atoms with Crippen molar-refractivity contribution in [1.82, 2.24) is 24.9 Å². The number of aromatic nitrogens is 2. The molecule has 1 fully saturated rings. The minimum Gasteiger partial charge on any atom is -0.384 e. The topological polar surface area (TPSA) is 118 Å². The molecule has 3 heterocycles. The molecule has 0 aliphatic carbocycles. The fourth-order valence-corrected chi connectivity index (χ4v) is 4.81. The Labute approximate surface area is 210 Å². The second-order valence-corrected chi connectivity index (χ2v) is 10.3. The normalized spacial score (nSPS) is 17.5. The molecule has 2 aliphatic heterocycles. The zero-order valence-corrected chi connectivity index (χ0v) is 21.3. The molecule has 1 atom stereocenters. The van der Waals surface area contributed by atoms with E-state index in [1.165, 1.54) is 16.0 Å². The number of carbonyl (C=O) groups is 3. The Morgan fingerprint density at radius 1 is 1.14 bits per heavy atom. The van der Waals surface area contributed by atoms with Crippen LogP contribution in [0.2, 0.25) is 0 Å². The van der Waals surface area contributed by atoms with E-state index in [4.69, 9.17) is 4.42 Å². The number of benzene rings is 1. The van der Waals surface area contributed by atoms with Crippen LogP contribution in [0.4, 0.5) is 0 Å². The molecule has 1 saturated heterocycles. The Hall–Kier alpha value is -3.27. The fourth-order valence-electron chi connectivity index (χ4n) is 4.81. The summed E-state index contributed by atoms with van der Waals surface area (Å²) >= 11 is 0. The van der Waals surface area contributed by atoms with E-state index in [0.29, 0.717) is 39.0 Å². The Bertz CT molecular complexity index is 1160. The lowest BCUT2D eigenvalue weighted by atomic mass is 9.99. The molecule has 1 aromatic carbocycles. The maximum Gasteiger partial charge on any atom is 0.437 e. The number of likely N-dealkylation sites (tertiary alicyclic amines) is 1. The van der Waals surface area contributed by atoms with Crippen LogP contribution in [0.1, 0.15) is 74.7 Å². The van der Waals surface area contributed by atoms with Crippen LogP contribution in [-0.4, -0.2) is 61.8 Å². The van der Waals surface area contributed by atoms with Crippen LogP contribution >= 0.6 is 0 Å².